The van der Waals surface area contributed by atoms with E-state index in [4.69, 9.17) is 4.99 Å². The van der Waals surface area contributed by atoms with Crippen molar-refractivity contribution in [3.8, 4) is 0 Å². The Bertz CT molecular complexity index is 482. The summed E-state index contributed by atoms with van der Waals surface area (Å²) in [5, 5.41) is 5.64. The van der Waals surface area contributed by atoms with Gasteiger partial charge in [0.2, 0.25) is 0 Å². The molecule has 3 rings (SSSR count). The highest BCUT2D eigenvalue weighted by molar-refractivity contribution is 14.0. The lowest BCUT2D eigenvalue weighted by atomic mass is 9.68. The summed E-state index contributed by atoms with van der Waals surface area (Å²) >= 11 is 1.84. The normalized spacial score (nSPS) is 21.4. The molecule has 1 aromatic rings. The largest absolute Gasteiger partial charge is 0.357 e. The maximum atomic E-state index is 4.91. The predicted octanol–water partition coefficient (Wildman–Crippen LogP) is 4.31. The molecule has 1 aliphatic heterocycles. The van der Waals surface area contributed by atoms with Crippen LogP contribution >= 0.6 is 35.3 Å². The number of hydrogen-bond acceptors (Lipinski definition) is 2. The van der Waals surface area contributed by atoms with E-state index in [9.17, 15) is 0 Å². The van der Waals surface area contributed by atoms with Crippen LogP contribution < -0.4 is 5.32 Å². The molecule has 1 unspecified atom stereocenters. The van der Waals surface area contributed by atoms with Crippen LogP contribution in [-0.2, 0) is 0 Å². The highest BCUT2D eigenvalue weighted by Crippen LogP contribution is 2.47. The summed E-state index contributed by atoms with van der Waals surface area (Å²) in [6.45, 7) is 8.66. The van der Waals surface area contributed by atoms with Crippen LogP contribution in [0.4, 0.5) is 0 Å². The number of hydrogen-bond donors (Lipinski definition) is 1. The molecule has 0 bridgehead atoms. The maximum Gasteiger partial charge on any atom is 0.193 e. The van der Waals surface area contributed by atoms with Crippen LogP contribution in [0.25, 0.3) is 0 Å². The van der Waals surface area contributed by atoms with E-state index < -0.39 is 0 Å². The van der Waals surface area contributed by atoms with Gasteiger partial charge in [0.15, 0.2) is 5.96 Å². The maximum absolute atomic E-state index is 4.91. The van der Waals surface area contributed by atoms with Crippen molar-refractivity contribution in [3.05, 3.63) is 22.4 Å². The third-order valence-electron chi connectivity index (χ3n) is 5.03. The predicted molar refractivity (Wildman–Crippen MR) is 107 cm³/mol. The molecule has 1 saturated heterocycles. The summed E-state index contributed by atoms with van der Waals surface area (Å²) in [6, 6.07) is 4.35. The Kier molecular flexibility index (Phi) is 6.56. The van der Waals surface area contributed by atoms with Gasteiger partial charge in [-0.25, -0.2) is 0 Å². The lowest BCUT2D eigenvalue weighted by Gasteiger charge is -2.38. The first-order valence-electron chi connectivity index (χ1n) is 8.29. The molecule has 0 radical (unpaired) electrons. The molecule has 124 valence electrons. The summed E-state index contributed by atoms with van der Waals surface area (Å²) in [5.41, 5.74) is 0.634. The third-order valence-corrected chi connectivity index (χ3v) is 6.13. The van der Waals surface area contributed by atoms with Crippen molar-refractivity contribution >= 4 is 41.3 Å². The van der Waals surface area contributed by atoms with Crippen LogP contribution in [0.2, 0.25) is 0 Å². The average Bonchev–Trinajstić information content (AvgIpc) is 3.10. The van der Waals surface area contributed by atoms with E-state index in [1.807, 2.05) is 11.3 Å². The molecule has 1 aliphatic carbocycles. The van der Waals surface area contributed by atoms with Crippen molar-refractivity contribution < 1.29 is 0 Å². The molecular formula is C17H28IN3S. The van der Waals surface area contributed by atoms with Crippen LogP contribution in [0, 0.1) is 5.41 Å². The van der Waals surface area contributed by atoms with Gasteiger partial charge in [0.25, 0.3) is 0 Å². The zero-order chi connectivity index (χ0) is 14.7. The molecule has 5 heteroatoms. The Morgan fingerprint density at radius 2 is 2.27 bits per heavy atom. The third kappa shape index (κ3) is 3.96. The number of rotatable bonds is 4. The van der Waals surface area contributed by atoms with Crippen molar-refractivity contribution in [1.82, 2.24) is 10.2 Å². The van der Waals surface area contributed by atoms with Gasteiger partial charge in [-0.3, -0.25) is 4.99 Å². The van der Waals surface area contributed by atoms with Crippen molar-refractivity contribution in [2.24, 2.45) is 10.4 Å². The summed E-state index contributed by atoms with van der Waals surface area (Å²) in [5.74, 6) is 1.64. The van der Waals surface area contributed by atoms with E-state index in [2.05, 4.69) is 41.6 Å². The summed E-state index contributed by atoms with van der Waals surface area (Å²) in [6.07, 6.45) is 5.64. The van der Waals surface area contributed by atoms with E-state index in [-0.39, 0.29) is 24.0 Å². The fourth-order valence-corrected chi connectivity index (χ4v) is 4.29. The first-order chi connectivity index (χ1) is 10.2. The quantitative estimate of drug-likeness (QED) is 0.435. The average molecular weight is 433 g/mol. The summed E-state index contributed by atoms with van der Waals surface area (Å²) in [4.78, 5) is 8.84. The Morgan fingerprint density at radius 3 is 2.82 bits per heavy atom. The number of aliphatic imine (C=N–C) groups is 1. The second-order valence-corrected chi connectivity index (χ2v) is 7.62. The first kappa shape index (κ1) is 18.0. The smallest absolute Gasteiger partial charge is 0.193 e. The minimum Gasteiger partial charge on any atom is -0.357 e. The van der Waals surface area contributed by atoms with Crippen molar-refractivity contribution in [3.63, 3.8) is 0 Å². The molecule has 22 heavy (non-hydrogen) atoms. The second kappa shape index (κ2) is 7.99. The van der Waals surface area contributed by atoms with Gasteiger partial charge in [0.1, 0.15) is 0 Å². The zero-order valence-electron chi connectivity index (χ0n) is 13.7. The van der Waals surface area contributed by atoms with E-state index in [0.717, 1.165) is 19.0 Å². The van der Waals surface area contributed by atoms with E-state index in [0.29, 0.717) is 11.3 Å². The molecule has 2 aliphatic rings. The van der Waals surface area contributed by atoms with E-state index >= 15 is 0 Å². The molecule has 2 heterocycles. The molecule has 1 spiro atoms. The SMILES string of the molecule is CCNC(=NCC(C)c1cccs1)N1CCC2(CCC2)C1.I. The molecule has 3 nitrogen and oxygen atoms in total. The zero-order valence-corrected chi connectivity index (χ0v) is 16.8. The van der Waals surface area contributed by atoms with Gasteiger partial charge in [0.05, 0.1) is 6.54 Å². The monoisotopic (exact) mass is 433 g/mol. The van der Waals surface area contributed by atoms with E-state index in [1.54, 1.807) is 0 Å². The van der Waals surface area contributed by atoms with Gasteiger partial charge in [-0.1, -0.05) is 19.4 Å². The molecule has 0 aromatic carbocycles. The van der Waals surface area contributed by atoms with Gasteiger partial charge >= 0.3 is 0 Å². The van der Waals surface area contributed by atoms with Crippen molar-refractivity contribution in [2.45, 2.75) is 45.4 Å². The summed E-state index contributed by atoms with van der Waals surface area (Å²) < 4.78 is 0. The molecule has 1 saturated carbocycles. The highest BCUT2D eigenvalue weighted by atomic mass is 127. The molecule has 1 aromatic heterocycles. The fourth-order valence-electron chi connectivity index (χ4n) is 3.51. The molecule has 0 amide bonds. The van der Waals surface area contributed by atoms with Crippen LogP contribution in [0.3, 0.4) is 0 Å². The number of nitrogens with one attached hydrogen (secondary N) is 1. The van der Waals surface area contributed by atoms with Crippen LogP contribution in [0.15, 0.2) is 22.5 Å². The Balaban J connectivity index is 0.00000176. The highest BCUT2D eigenvalue weighted by Gasteiger charge is 2.43. The minimum atomic E-state index is 0. The van der Waals surface area contributed by atoms with Crippen LogP contribution in [0.5, 0.6) is 0 Å². The lowest BCUT2D eigenvalue weighted by Crippen LogP contribution is -2.42. The standard InChI is InChI=1S/C17H27N3S.HI/c1-3-18-16(19-12-14(2)15-6-4-11-21-15)20-10-9-17(13-20)7-5-8-17;/h4,6,11,14H,3,5,7-10,12-13H2,1-2H3,(H,18,19);1H. The van der Waals surface area contributed by atoms with Gasteiger partial charge in [-0.05, 0) is 43.0 Å². The fraction of sp³-hybridized carbons (Fsp3) is 0.706. The topological polar surface area (TPSA) is 27.6 Å². The van der Waals surface area contributed by atoms with Crippen LogP contribution in [-0.4, -0.2) is 37.0 Å². The number of thiophene rings is 1. The van der Waals surface area contributed by atoms with Gasteiger partial charge in [-0.2, -0.15) is 0 Å². The number of nitrogens with zero attached hydrogens (tertiary/aromatic N) is 2. The molecular weight excluding hydrogens is 405 g/mol. The molecule has 2 fully saturated rings. The van der Waals surface area contributed by atoms with E-state index in [1.165, 1.54) is 43.6 Å². The Morgan fingerprint density at radius 1 is 1.45 bits per heavy atom. The minimum absolute atomic E-state index is 0. The first-order valence-corrected chi connectivity index (χ1v) is 9.17. The van der Waals surface area contributed by atoms with Crippen molar-refractivity contribution in [2.75, 3.05) is 26.2 Å². The Hall–Kier alpha value is -0.300. The van der Waals surface area contributed by atoms with Crippen LogP contribution in [0.1, 0.15) is 50.3 Å². The summed E-state index contributed by atoms with van der Waals surface area (Å²) in [7, 11) is 0. The molecule has 1 N–H and O–H groups in total. The Labute approximate surface area is 155 Å². The number of halogens is 1. The molecule has 1 atom stereocenters. The van der Waals surface area contributed by atoms with Crippen molar-refractivity contribution in [1.29, 1.82) is 0 Å². The number of likely N-dealkylation sites (tertiary alicyclic amines) is 1. The second-order valence-electron chi connectivity index (χ2n) is 6.64. The lowest BCUT2D eigenvalue weighted by molar-refractivity contribution is 0.151. The van der Waals surface area contributed by atoms with Gasteiger partial charge in [0, 0.05) is 30.4 Å². The van der Waals surface area contributed by atoms with Gasteiger partial charge in [-0.15, -0.1) is 35.3 Å². The van der Waals surface area contributed by atoms with Gasteiger partial charge < -0.3 is 10.2 Å². The number of guanidine groups is 1.